The number of hydrogen-bond acceptors (Lipinski definition) is 3. The second kappa shape index (κ2) is 9.53. The van der Waals surface area contributed by atoms with Crippen molar-refractivity contribution in [3.63, 3.8) is 0 Å². The SMILES string of the molecule is Cc1ccc(C(=O)N/N=C\c2ccc(OCc3ccc(Br)cc3)cc2)c(Cl)c1. The third-order valence-electron chi connectivity index (χ3n) is 3.95. The molecule has 6 heteroatoms. The second-order valence-corrected chi connectivity index (χ2v) is 7.49. The van der Waals surface area contributed by atoms with Crippen LogP contribution in [0.25, 0.3) is 0 Å². The number of hydrazone groups is 1. The lowest BCUT2D eigenvalue weighted by molar-refractivity contribution is 0.0955. The minimum absolute atomic E-state index is 0.351. The number of amides is 1. The number of carbonyl (C=O) groups is 1. The van der Waals surface area contributed by atoms with E-state index in [0.717, 1.165) is 26.9 Å². The van der Waals surface area contributed by atoms with Crippen LogP contribution in [0.1, 0.15) is 27.0 Å². The molecule has 0 fully saturated rings. The zero-order valence-electron chi connectivity index (χ0n) is 15.2. The molecular weight excluding hydrogens is 440 g/mol. The third-order valence-corrected chi connectivity index (χ3v) is 4.79. The first-order valence-electron chi connectivity index (χ1n) is 8.58. The maximum absolute atomic E-state index is 12.1. The maximum Gasteiger partial charge on any atom is 0.272 e. The number of ether oxygens (including phenoxy) is 1. The van der Waals surface area contributed by atoms with E-state index in [4.69, 9.17) is 16.3 Å². The molecule has 0 aliphatic carbocycles. The zero-order valence-corrected chi connectivity index (χ0v) is 17.5. The van der Waals surface area contributed by atoms with E-state index in [-0.39, 0.29) is 5.91 Å². The fourth-order valence-electron chi connectivity index (χ4n) is 2.43. The van der Waals surface area contributed by atoms with Crippen LogP contribution in [0.4, 0.5) is 0 Å². The molecule has 1 N–H and O–H groups in total. The highest BCUT2D eigenvalue weighted by atomic mass is 79.9. The largest absolute Gasteiger partial charge is 0.489 e. The average Bonchev–Trinajstić information content (AvgIpc) is 2.68. The van der Waals surface area contributed by atoms with E-state index in [0.29, 0.717) is 17.2 Å². The highest BCUT2D eigenvalue weighted by molar-refractivity contribution is 9.10. The summed E-state index contributed by atoms with van der Waals surface area (Å²) in [5.74, 6) is 0.409. The Bertz CT molecular complexity index is 986. The molecule has 0 spiro atoms. The summed E-state index contributed by atoms with van der Waals surface area (Å²) in [5, 5.41) is 4.39. The first-order valence-corrected chi connectivity index (χ1v) is 9.75. The highest BCUT2D eigenvalue weighted by Crippen LogP contribution is 2.18. The Morgan fingerprint density at radius 3 is 2.50 bits per heavy atom. The molecule has 0 heterocycles. The Balaban J connectivity index is 1.53. The van der Waals surface area contributed by atoms with Crippen molar-refractivity contribution in [2.45, 2.75) is 13.5 Å². The standard InChI is InChI=1S/C22H18BrClN2O2/c1-15-2-11-20(21(24)12-15)22(27)26-25-13-16-5-9-19(10-6-16)28-14-17-3-7-18(23)8-4-17/h2-13H,14H2,1H3,(H,26,27)/b25-13-. The summed E-state index contributed by atoms with van der Waals surface area (Å²) >= 11 is 9.50. The number of aryl methyl sites for hydroxylation is 1. The van der Waals surface area contributed by atoms with Gasteiger partial charge in [-0.2, -0.15) is 5.10 Å². The van der Waals surface area contributed by atoms with Crippen LogP contribution in [0, 0.1) is 6.92 Å². The first-order chi connectivity index (χ1) is 13.5. The van der Waals surface area contributed by atoms with Crippen molar-refractivity contribution >= 4 is 39.7 Å². The number of benzene rings is 3. The maximum atomic E-state index is 12.1. The number of rotatable bonds is 6. The lowest BCUT2D eigenvalue weighted by Crippen LogP contribution is -2.18. The van der Waals surface area contributed by atoms with Crippen molar-refractivity contribution in [1.29, 1.82) is 0 Å². The number of nitrogens with one attached hydrogen (secondary N) is 1. The smallest absolute Gasteiger partial charge is 0.272 e. The minimum Gasteiger partial charge on any atom is -0.489 e. The van der Waals surface area contributed by atoms with Crippen LogP contribution in [0.2, 0.25) is 5.02 Å². The van der Waals surface area contributed by atoms with Crippen LogP contribution in [0.3, 0.4) is 0 Å². The van der Waals surface area contributed by atoms with Crippen molar-refractivity contribution in [2.24, 2.45) is 5.10 Å². The molecule has 0 saturated carbocycles. The zero-order chi connectivity index (χ0) is 19.9. The van der Waals surface area contributed by atoms with Gasteiger partial charge in [0, 0.05) is 4.47 Å². The van der Waals surface area contributed by atoms with Crippen LogP contribution >= 0.6 is 27.5 Å². The van der Waals surface area contributed by atoms with E-state index in [9.17, 15) is 4.79 Å². The molecule has 0 aromatic heterocycles. The first kappa shape index (κ1) is 20.1. The van der Waals surface area contributed by atoms with Crippen LogP contribution in [-0.2, 0) is 6.61 Å². The quantitative estimate of drug-likeness (QED) is 0.378. The van der Waals surface area contributed by atoms with Gasteiger partial charge >= 0.3 is 0 Å². The van der Waals surface area contributed by atoms with Crippen molar-refractivity contribution in [1.82, 2.24) is 5.43 Å². The van der Waals surface area contributed by atoms with Gasteiger partial charge in [0.05, 0.1) is 16.8 Å². The van der Waals surface area contributed by atoms with Gasteiger partial charge in [0.1, 0.15) is 12.4 Å². The van der Waals surface area contributed by atoms with Gasteiger partial charge in [-0.25, -0.2) is 5.43 Å². The van der Waals surface area contributed by atoms with Crippen molar-refractivity contribution < 1.29 is 9.53 Å². The van der Waals surface area contributed by atoms with E-state index in [2.05, 4.69) is 26.5 Å². The normalized spacial score (nSPS) is 10.8. The van der Waals surface area contributed by atoms with Crippen LogP contribution in [0.5, 0.6) is 5.75 Å². The Kier molecular flexibility index (Phi) is 6.85. The topological polar surface area (TPSA) is 50.7 Å². The Morgan fingerprint density at radius 2 is 1.82 bits per heavy atom. The predicted octanol–water partition coefficient (Wildman–Crippen LogP) is 5.75. The van der Waals surface area contributed by atoms with Crippen LogP contribution in [0.15, 0.2) is 76.3 Å². The van der Waals surface area contributed by atoms with E-state index >= 15 is 0 Å². The number of hydrogen-bond donors (Lipinski definition) is 1. The third kappa shape index (κ3) is 5.68. The lowest BCUT2D eigenvalue weighted by atomic mass is 10.1. The fraction of sp³-hybridized carbons (Fsp3) is 0.0909. The highest BCUT2D eigenvalue weighted by Gasteiger charge is 2.09. The molecule has 142 valence electrons. The second-order valence-electron chi connectivity index (χ2n) is 6.17. The summed E-state index contributed by atoms with van der Waals surface area (Å²) in [5.41, 5.74) is 5.80. The molecule has 28 heavy (non-hydrogen) atoms. The van der Waals surface area contributed by atoms with Gasteiger partial charge < -0.3 is 4.74 Å². The average molecular weight is 458 g/mol. The summed E-state index contributed by atoms with van der Waals surface area (Å²) in [6, 6.07) is 20.7. The van der Waals surface area contributed by atoms with E-state index in [1.807, 2.05) is 61.5 Å². The summed E-state index contributed by atoms with van der Waals surface area (Å²) < 4.78 is 6.80. The molecule has 3 rings (SSSR count). The van der Waals surface area contributed by atoms with E-state index in [1.54, 1.807) is 18.3 Å². The monoisotopic (exact) mass is 456 g/mol. The molecule has 0 unspecified atom stereocenters. The van der Waals surface area contributed by atoms with Gasteiger partial charge in [0.25, 0.3) is 5.91 Å². The minimum atomic E-state index is -0.351. The van der Waals surface area contributed by atoms with Crippen molar-refractivity contribution in [3.8, 4) is 5.75 Å². The van der Waals surface area contributed by atoms with Crippen molar-refractivity contribution in [3.05, 3.63) is 98.5 Å². The molecule has 0 bridgehead atoms. The number of nitrogens with zero attached hydrogens (tertiary/aromatic N) is 1. The Labute approximate surface area is 177 Å². The molecular formula is C22H18BrClN2O2. The van der Waals surface area contributed by atoms with Gasteiger partial charge in [-0.15, -0.1) is 0 Å². The Hall–Kier alpha value is -2.63. The number of halogens is 2. The number of carbonyl (C=O) groups excluding carboxylic acids is 1. The summed E-state index contributed by atoms with van der Waals surface area (Å²) in [7, 11) is 0. The van der Waals surface area contributed by atoms with Gasteiger partial charge in [-0.3, -0.25) is 4.79 Å². The van der Waals surface area contributed by atoms with Crippen molar-refractivity contribution in [2.75, 3.05) is 0 Å². The molecule has 0 aliphatic heterocycles. The lowest BCUT2D eigenvalue weighted by Gasteiger charge is -2.06. The van der Waals surface area contributed by atoms with Gasteiger partial charge in [0.2, 0.25) is 0 Å². The summed E-state index contributed by atoms with van der Waals surface area (Å²) in [6.45, 7) is 2.41. The molecule has 0 saturated heterocycles. The van der Waals surface area contributed by atoms with Crippen LogP contribution in [-0.4, -0.2) is 12.1 Å². The molecule has 1 amide bonds. The van der Waals surface area contributed by atoms with E-state index in [1.165, 1.54) is 0 Å². The van der Waals surface area contributed by atoms with E-state index < -0.39 is 0 Å². The molecule has 0 atom stereocenters. The molecule has 0 radical (unpaired) electrons. The van der Waals surface area contributed by atoms with Gasteiger partial charge in [-0.1, -0.05) is 45.7 Å². The predicted molar refractivity (Wildman–Crippen MR) is 116 cm³/mol. The van der Waals surface area contributed by atoms with Gasteiger partial charge in [-0.05, 0) is 72.1 Å². The fourth-order valence-corrected chi connectivity index (χ4v) is 3.01. The molecule has 0 aliphatic rings. The molecule has 3 aromatic carbocycles. The summed E-state index contributed by atoms with van der Waals surface area (Å²) in [6.07, 6.45) is 1.57. The molecule has 4 nitrogen and oxygen atoms in total. The Morgan fingerprint density at radius 1 is 1.11 bits per heavy atom. The van der Waals surface area contributed by atoms with Gasteiger partial charge in [0.15, 0.2) is 0 Å². The molecule has 3 aromatic rings. The summed E-state index contributed by atoms with van der Waals surface area (Å²) in [4.78, 5) is 12.1. The van der Waals surface area contributed by atoms with Crippen LogP contribution < -0.4 is 10.2 Å².